The zero-order valence-corrected chi connectivity index (χ0v) is 34.9. The van der Waals surface area contributed by atoms with Crippen LogP contribution in [0.15, 0.2) is 60.7 Å². The lowest BCUT2D eigenvalue weighted by molar-refractivity contribution is -0.135. The van der Waals surface area contributed by atoms with Crippen LogP contribution in [0.5, 0.6) is 0 Å². The van der Waals surface area contributed by atoms with Crippen LogP contribution in [0.4, 0.5) is 0 Å². The highest BCUT2D eigenvalue weighted by Gasteiger charge is 2.50. The average Bonchev–Trinajstić information content (AvgIpc) is 3.95. The molecule has 12 heteroatoms. The van der Waals surface area contributed by atoms with Crippen molar-refractivity contribution in [1.82, 2.24) is 26.2 Å². The number of carbonyl (C=O) groups is 5. The molecule has 5 atom stereocenters. The lowest BCUT2D eigenvalue weighted by Gasteiger charge is -2.28. The Morgan fingerprint density at radius 1 is 0.667 bits per heavy atom. The van der Waals surface area contributed by atoms with Crippen LogP contribution in [0.1, 0.15) is 97.1 Å². The molecule has 0 spiro atoms. The van der Waals surface area contributed by atoms with Crippen molar-refractivity contribution in [1.29, 1.82) is 0 Å². The molecule has 57 heavy (non-hydrogen) atoms. The number of nitrogens with one attached hydrogen (secondary N) is 4. The molecule has 0 aliphatic carbocycles. The normalized spacial score (nSPS) is 18.9. The molecular weight excluding hydrogens is 723 g/mol. The molecule has 4 N–H and O–H groups in total. The van der Waals surface area contributed by atoms with Crippen LogP contribution >= 0.6 is 0 Å². The fourth-order valence-corrected chi connectivity index (χ4v) is 7.19. The van der Waals surface area contributed by atoms with Crippen molar-refractivity contribution in [2.24, 2.45) is 11.8 Å². The maximum atomic E-state index is 14.1. The number of benzene rings is 2. The highest BCUT2D eigenvalue weighted by atomic mass is 16.6. The molecule has 2 aliphatic rings. The molecule has 4 amide bonds. The van der Waals surface area contributed by atoms with Gasteiger partial charge in [0.2, 0.25) is 23.6 Å². The summed E-state index contributed by atoms with van der Waals surface area (Å²) in [5.74, 6) is -1.69. The molecule has 0 aromatic heterocycles. The molecule has 0 unspecified atom stereocenters. The van der Waals surface area contributed by atoms with Crippen molar-refractivity contribution in [2.75, 3.05) is 39.5 Å². The molecule has 2 aromatic carbocycles. The van der Waals surface area contributed by atoms with E-state index < -0.39 is 47.5 Å². The quantitative estimate of drug-likeness (QED) is 0.0845. The zero-order chi connectivity index (χ0) is 41.2. The summed E-state index contributed by atoms with van der Waals surface area (Å²) in [7, 11) is 0. The number of unbranched alkanes of at least 4 members (excludes halogenated alkanes) is 3. The van der Waals surface area contributed by atoms with Crippen LogP contribution in [0, 0.1) is 11.8 Å². The summed E-state index contributed by atoms with van der Waals surface area (Å²) in [6.07, 6.45) is 5.88. The van der Waals surface area contributed by atoms with E-state index >= 15 is 0 Å². The Morgan fingerprint density at radius 2 is 1.19 bits per heavy atom. The van der Waals surface area contributed by atoms with Crippen LogP contribution in [0.3, 0.4) is 0 Å². The summed E-state index contributed by atoms with van der Waals surface area (Å²) in [5, 5.41) is 11.8. The minimum Gasteiger partial charge on any atom is -0.379 e. The highest BCUT2D eigenvalue weighted by Crippen LogP contribution is 2.29. The van der Waals surface area contributed by atoms with Crippen molar-refractivity contribution in [2.45, 2.75) is 129 Å². The van der Waals surface area contributed by atoms with Crippen LogP contribution in [-0.4, -0.2) is 104 Å². The van der Waals surface area contributed by atoms with Gasteiger partial charge in [0.25, 0.3) is 0 Å². The van der Waals surface area contributed by atoms with Crippen LogP contribution < -0.4 is 21.3 Å². The molecule has 0 saturated carbocycles. The topological polar surface area (TPSA) is 158 Å². The minimum atomic E-state index is -1.02. The van der Waals surface area contributed by atoms with E-state index in [-0.39, 0.29) is 29.9 Å². The summed E-state index contributed by atoms with van der Waals surface area (Å²) < 4.78 is 10.9. The monoisotopic (exact) mass is 790 g/mol. The number of aryl methyl sites for hydroxylation is 1. The van der Waals surface area contributed by atoms with Gasteiger partial charge in [-0.3, -0.25) is 28.9 Å². The van der Waals surface area contributed by atoms with E-state index in [0.717, 1.165) is 69.7 Å². The van der Waals surface area contributed by atoms with Crippen molar-refractivity contribution >= 4 is 29.4 Å². The number of amides is 4. The van der Waals surface area contributed by atoms with E-state index in [1.807, 2.05) is 88.4 Å². The number of ketones is 1. The van der Waals surface area contributed by atoms with Gasteiger partial charge in [0.15, 0.2) is 5.78 Å². The molecule has 0 radical (unpaired) electrons. The number of hydrogen-bond donors (Lipinski definition) is 4. The first-order valence-electron chi connectivity index (χ1n) is 21.1. The summed E-state index contributed by atoms with van der Waals surface area (Å²) in [6, 6.07) is 15.5. The van der Waals surface area contributed by atoms with Gasteiger partial charge in [0.05, 0.1) is 25.9 Å². The third-order valence-corrected chi connectivity index (χ3v) is 10.6. The first-order valence-corrected chi connectivity index (χ1v) is 21.1. The Kier molecular flexibility index (Phi) is 18.6. The Labute approximate surface area is 340 Å². The largest absolute Gasteiger partial charge is 0.379 e. The van der Waals surface area contributed by atoms with E-state index in [9.17, 15) is 24.0 Å². The SMILES string of the molecule is CC(C)C[C@H](NC(=O)[C@H](CCc1ccccc1)NC(=O)CCCCCCN1CCOCC1)C(=O)N[C@@H](Cc1ccccc1)C(=O)N[C@@H](CC(C)C)C(=O)[C@@]1(C)CO1. The van der Waals surface area contributed by atoms with E-state index in [4.69, 9.17) is 9.47 Å². The summed E-state index contributed by atoms with van der Waals surface area (Å²) in [4.78, 5) is 71.2. The van der Waals surface area contributed by atoms with Crippen molar-refractivity contribution in [3.63, 3.8) is 0 Å². The van der Waals surface area contributed by atoms with Gasteiger partial charge in [0, 0.05) is 25.9 Å². The standard InChI is InChI=1S/C45H67N5O7/c1-32(2)28-37(41(52)45(5)31-57-45)47-44(55)39(30-35-18-12-9-13-19-35)49-43(54)38(29-33(3)4)48-42(53)36(22-21-34-16-10-8-11-17-34)46-40(51)20-14-6-7-15-23-50-24-26-56-27-25-50/h8-13,16-19,32-33,36-39H,6-7,14-15,20-31H2,1-5H3,(H,46,51)(H,47,55)(H,48,53)(H,49,54)/t36-,37-,38-,39-,45+/m0/s1. The van der Waals surface area contributed by atoms with Crippen LogP contribution in [-0.2, 0) is 46.3 Å². The van der Waals surface area contributed by atoms with Crippen LogP contribution in [0.25, 0.3) is 0 Å². The molecular formula is C45H67N5O7. The lowest BCUT2D eigenvalue weighted by atomic mass is 9.93. The Morgan fingerprint density at radius 3 is 1.81 bits per heavy atom. The number of nitrogens with zero attached hydrogens (tertiary/aromatic N) is 1. The molecule has 2 fully saturated rings. The van der Waals surface area contributed by atoms with E-state index in [1.54, 1.807) is 6.92 Å². The molecule has 2 saturated heterocycles. The first kappa shape index (κ1) is 45.6. The maximum absolute atomic E-state index is 14.1. The van der Waals surface area contributed by atoms with Gasteiger partial charge in [-0.1, -0.05) is 101 Å². The Hall–Kier alpha value is -4.13. The molecule has 4 rings (SSSR count). The molecule has 12 nitrogen and oxygen atoms in total. The number of Topliss-reactive ketones (excluding diaryl/α,β-unsaturated/α-hetero) is 1. The summed E-state index contributed by atoms with van der Waals surface area (Å²) in [5.41, 5.74) is 0.938. The third-order valence-electron chi connectivity index (χ3n) is 10.6. The molecule has 2 heterocycles. The smallest absolute Gasteiger partial charge is 0.243 e. The second kappa shape index (κ2) is 23.3. The molecule has 2 aliphatic heterocycles. The fourth-order valence-electron chi connectivity index (χ4n) is 7.19. The van der Waals surface area contributed by atoms with Crippen molar-refractivity contribution in [3.05, 3.63) is 71.8 Å². The Balaban J connectivity index is 1.43. The predicted molar refractivity (Wildman–Crippen MR) is 221 cm³/mol. The zero-order valence-electron chi connectivity index (χ0n) is 34.9. The number of morpholine rings is 1. The van der Waals surface area contributed by atoms with Gasteiger partial charge < -0.3 is 30.7 Å². The average molecular weight is 790 g/mol. The van der Waals surface area contributed by atoms with Gasteiger partial charge in [0.1, 0.15) is 23.7 Å². The van der Waals surface area contributed by atoms with Crippen molar-refractivity contribution in [3.8, 4) is 0 Å². The summed E-state index contributed by atoms with van der Waals surface area (Å²) in [6.45, 7) is 14.4. The maximum Gasteiger partial charge on any atom is 0.243 e. The van der Waals surface area contributed by atoms with Gasteiger partial charge in [-0.2, -0.15) is 0 Å². The number of rotatable bonds is 25. The summed E-state index contributed by atoms with van der Waals surface area (Å²) >= 11 is 0. The third kappa shape index (κ3) is 16.3. The Bertz CT molecular complexity index is 1560. The number of carbonyl (C=O) groups excluding carboxylic acids is 5. The highest BCUT2D eigenvalue weighted by molar-refractivity contribution is 5.98. The van der Waals surface area contributed by atoms with E-state index in [2.05, 4.69) is 26.2 Å². The van der Waals surface area contributed by atoms with E-state index in [1.165, 1.54) is 0 Å². The second-order valence-electron chi connectivity index (χ2n) is 16.8. The van der Waals surface area contributed by atoms with Crippen LogP contribution in [0.2, 0.25) is 0 Å². The number of epoxide rings is 1. The molecule has 314 valence electrons. The van der Waals surface area contributed by atoms with Gasteiger partial charge >= 0.3 is 0 Å². The number of hydrogen-bond acceptors (Lipinski definition) is 8. The molecule has 2 aromatic rings. The van der Waals surface area contributed by atoms with E-state index in [0.29, 0.717) is 38.7 Å². The van der Waals surface area contributed by atoms with Gasteiger partial charge in [-0.05, 0) is 75.0 Å². The van der Waals surface area contributed by atoms with Gasteiger partial charge in [-0.15, -0.1) is 0 Å². The first-order chi connectivity index (χ1) is 27.3. The van der Waals surface area contributed by atoms with Gasteiger partial charge in [-0.25, -0.2) is 0 Å². The lowest BCUT2D eigenvalue weighted by Crippen LogP contribution is -2.59. The molecule has 0 bridgehead atoms. The predicted octanol–water partition coefficient (Wildman–Crippen LogP) is 4.53. The fraction of sp³-hybridized carbons (Fsp3) is 0.622. The second-order valence-corrected chi connectivity index (χ2v) is 16.8. The number of ether oxygens (including phenoxy) is 2. The minimum absolute atomic E-state index is 0.0235. The van der Waals surface area contributed by atoms with Crippen molar-refractivity contribution < 1.29 is 33.4 Å².